The lowest BCUT2D eigenvalue weighted by Gasteiger charge is -2.54. The largest absolute Gasteiger partial charge is 0.511 e. The second-order valence-electron chi connectivity index (χ2n) is 11.1. The van der Waals surface area contributed by atoms with E-state index in [1.807, 2.05) is 0 Å². The summed E-state index contributed by atoms with van der Waals surface area (Å²) in [6, 6.07) is 5.67. The van der Waals surface area contributed by atoms with E-state index in [1.54, 1.807) is 17.0 Å². The highest BCUT2D eigenvalue weighted by molar-refractivity contribution is 7.94. The van der Waals surface area contributed by atoms with Crippen molar-refractivity contribution in [2.45, 2.75) is 19.5 Å². The van der Waals surface area contributed by atoms with Crippen molar-refractivity contribution in [3.05, 3.63) is 58.1 Å². The highest BCUT2D eigenvalue weighted by Gasteiger charge is 2.88. The molecule has 0 saturated heterocycles. The molecule has 8 atom stereocenters. The molecule has 6 unspecified atom stereocenters. The number of amides is 1. The Hall–Kier alpha value is -3.01. The van der Waals surface area contributed by atoms with Crippen LogP contribution in [0, 0.1) is 59.1 Å². The lowest BCUT2D eigenvalue weighted by molar-refractivity contribution is -0.141. The summed E-state index contributed by atoms with van der Waals surface area (Å²) in [4.78, 5) is 28.5. The van der Waals surface area contributed by atoms with Gasteiger partial charge in [0.05, 0.1) is 4.91 Å². The van der Waals surface area contributed by atoms with E-state index in [-0.39, 0.29) is 93.7 Å². The molecule has 2 N–H and O–H groups in total. The summed E-state index contributed by atoms with van der Waals surface area (Å²) in [5.74, 6) is 0.175. The fraction of sp³-hybridized carbons (Fsp3) is 0.480. The van der Waals surface area contributed by atoms with E-state index in [9.17, 15) is 27.5 Å². The van der Waals surface area contributed by atoms with Crippen molar-refractivity contribution in [1.29, 1.82) is 0 Å². The number of allylic oxidation sites excluding steroid dienone is 1. The molecule has 180 valence electrons. The molecule has 1 amide bonds. The van der Waals surface area contributed by atoms with Gasteiger partial charge in [-0.15, -0.1) is 4.40 Å². The highest BCUT2D eigenvalue weighted by Crippen LogP contribution is 2.86. The van der Waals surface area contributed by atoms with Gasteiger partial charge >= 0.3 is 0 Å². The van der Waals surface area contributed by atoms with Crippen LogP contribution in [0.5, 0.6) is 0 Å². The predicted molar refractivity (Wildman–Crippen MR) is 120 cm³/mol. The van der Waals surface area contributed by atoms with Gasteiger partial charge in [0.15, 0.2) is 5.84 Å². The van der Waals surface area contributed by atoms with Crippen LogP contribution in [0.25, 0.3) is 0 Å². The molecule has 2 aliphatic heterocycles. The van der Waals surface area contributed by atoms with E-state index >= 15 is 0 Å². The molecule has 8 bridgehead atoms. The van der Waals surface area contributed by atoms with Crippen LogP contribution in [0.4, 0.5) is 4.39 Å². The Labute approximate surface area is 200 Å². The maximum atomic E-state index is 14.0. The van der Waals surface area contributed by atoms with Crippen LogP contribution in [0.1, 0.15) is 12.5 Å². The summed E-state index contributed by atoms with van der Waals surface area (Å²) in [6.45, 7) is 1.60. The topological polar surface area (TPSA) is 116 Å². The molecule has 1 aromatic carbocycles. The smallest absolute Gasteiger partial charge is 0.281 e. The number of rotatable bonds is 3. The summed E-state index contributed by atoms with van der Waals surface area (Å²) in [5, 5.41) is 14.4. The van der Waals surface area contributed by atoms with Gasteiger partial charge in [-0.2, -0.15) is 8.42 Å². The van der Waals surface area contributed by atoms with E-state index in [4.69, 9.17) is 0 Å². The number of benzene rings is 1. The number of nitrogens with one attached hydrogen (secondary N) is 1. The molecule has 1 aromatic rings. The number of carbonyl (C=O) groups excluding carboxylic acids is 2. The number of aliphatic hydroxyl groups is 1. The Bertz CT molecular complexity index is 1440. The van der Waals surface area contributed by atoms with Crippen LogP contribution in [0.2, 0.25) is 0 Å². The van der Waals surface area contributed by atoms with Gasteiger partial charge in [0.2, 0.25) is 0 Å². The summed E-state index contributed by atoms with van der Waals surface area (Å²) < 4.78 is 42.3. The Kier molecular flexibility index (Phi) is 3.48. The van der Waals surface area contributed by atoms with Gasteiger partial charge in [-0.25, -0.2) is 4.39 Å². The van der Waals surface area contributed by atoms with E-state index in [0.717, 1.165) is 5.56 Å². The quantitative estimate of drug-likeness (QED) is 0.660. The monoisotopic (exact) mass is 495 g/mol. The predicted octanol–water partition coefficient (Wildman–Crippen LogP) is 1.72. The van der Waals surface area contributed by atoms with Gasteiger partial charge in [0.1, 0.15) is 22.9 Å². The van der Waals surface area contributed by atoms with Crippen molar-refractivity contribution in [3.63, 3.8) is 0 Å². The van der Waals surface area contributed by atoms with E-state index in [1.165, 1.54) is 25.3 Å². The Balaban J connectivity index is 1.28. The summed E-state index contributed by atoms with van der Waals surface area (Å²) in [7, 11) is -3.96. The minimum Gasteiger partial charge on any atom is -0.511 e. The molecule has 8 nitrogen and oxygen atoms in total. The van der Waals surface area contributed by atoms with Gasteiger partial charge in [-0.3, -0.25) is 9.59 Å². The minimum atomic E-state index is -3.96. The van der Waals surface area contributed by atoms with E-state index in [0.29, 0.717) is 5.78 Å². The molecule has 10 heteroatoms. The van der Waals surface area contributed by atoms with Crippen LogP contribution in [0.3, 0.4) is 0 Å². The lowest BCUT2D eigenvalue weighted by Crippen LogP contribution is -2.61. The summed E-state index contributed by atoms with van der Waals surface area (Å²) in [5.41, 5.74) is 0.617. The number of Topliss-reactive ketones (excluding diaryl/α,β-unsaturated/α-hetero) is 1. The van der Waals surface area contributed by atoms with Gasteiger partial charge in [-0.05, 0) is 60.1 Å². The first-order chi connectivity index (χ1) is 16.7. The van der Waals surface area contributed by atoms with Crippen LogP contribution in [-0.4, -0.2) is 42.0 Å². The Morgan fingerprint density at radius 2 is 1.60 bits per heavy atom. The number of nitrogens with zero attached hydrogens (tertiary/aromatic N) is 2. The third-order valence-corrected chi connectivity index (χ3v) is 11.2. The number of aliphatic hydroxyl groups excluding tert-OH is 1. The molecule has 9 aliphatic rings. The average Bonchev–Trinajstić information content (AvgIpc) is 3.72. The first-order valence-corrected chi connectivity index (χ1v) is 13.5. The van der Waals surface area contributed by atoms with Crippen molar-refractivity contribution in [2.24, 2.45) is 57.7 Å². The lowest BCUT2D eigenvalue weighted by atomic mass is 9.59. The van der Waals surface area contributed by atoms with Crippen molar-refractivity contribution >= 4 is 27.5 Å². The molecule has 0 aromatic heterocycles. The van der Waals surface area contributed by atoms with E-state index in [2.05, 4.69) is 9.71 Å². The first kappa shape index (κ1) is 20.2. The number of carbonyl (C=O) groups is 2. The van der Waals surface area contributed by atoms with Gasteiger partial charge in [0, 0.05) is 36.5 Å². The molecular formula is C25H22FN3O5S. The maximum absolute atomic E-state index is 14.0. The van der Waals surface area contributed by atoms with Crippen LogP contribution in [-0.2, 0) is 26.2 Å². The molecule has 7 saturated carbocycles. The molecule has 7 fully saturated rings. The number of ketones is 1. The molecular weight excluding hydrogens is 473 g/mol. The van der Waals surface area contributed by atoms with Crippen molar-refractivity contribution in [2.75, 3.05) is 0 Å². The summed E-state index contributed by atoms with van der Waals surface area (Å²) in [6.07, 6.45) is 1.27. The normalized spacial score (nSPS) is 44.9. The van der Waals surface area contributed by atoms with Gasteiger partial charge in [-0.1, -0.05) is 12.1 Å². The second kappa shape index (κ2) is 6.03. The van der Waals surface area contributed by atoms with E-state index < -0.39 is 15.9 Å². The highest BCUT2D eigenvalue weighted by atomic mass is 32.2. The van der Waals surface area contributed by atoms with Crippen molar-refractivity contribution in [1.82, 2.24) is 10.2 Å². The SMILES string of the molecule is CC1=CNC(C2=C(O)[C@@H]3C4C5C6C(=O)C7C4C7C(C65)[C@@H]3N(Cc3ccc(F)cc3)C2=O)=NS1(=O)=O. The minimum absolute atomic E-state index is 0.0163. The molecule has 10 rings (SSSR count). The number of halogens is 1. The fourth-order valence-electron chi connectivity index (χ4n) is 8.67. The number of sulfonamides is 1. The third-order valence-electron chi connectivity index (χ3n) is 9.82. The zero-order chi connectivity index (χ0) is 24.1. The Morgan fingerprint density at radius 3 is 2.23 bits per heavy atom. The average molecular weight is 496 g/mol. The van der Waals surface area contributed by atoms with Gasteiger partial charge in [0.25, 0.3) is 15.9 Å². The number of amidine groups is 1. The zero-order valence-corrected chi connectivity index (χ0v) is 19.4. The third kappa shape index (κ3) is 2.28. The molecule has 0 spiro atoms. The number of hydrogen-bond acceptors (Lipinski definition) is 6. The Morgan fingerprint density at radius 1 is 1.00 bits per heavy atom. The standard InChI is InChI=1S/C25H22FN3O5S/c1-8-6-27-24(28-35(8,33)34)20-23(31)19-13-11-14-16(15-12(13)18(15)22(30)17(11)14)21(19)29(25(20)32)7-9-2-4-10(26)5-3-9/h2-6,11-19,21,31H,7H2,1H3,(H,27,28)/t11?,12?,13?,14?,15?,16?,17?,18?,19-,21+/m1/s1. The molecule has 7 aliphatic carbocycles. The maximum Gasteiger partial charge on any atom is 0.281 e. The zero-order valence-electron chi connectivity index (χ0n) is 18.6. The first-order valence-electron chi connectivity index (χ1n) is 12.0. The van der Waals surface area contributed by atoms with Crippen LogP contribution < -0.4 is 5.32 Å². The van der Waals surface area contributed by atoms with Crippen molar-refractivity contribution in [3.8, 4) is 0 Å². The number of hydrogen-bond donors (Lipinski definition) is 2. The van der Waals surface area contributed by atoms with Crippen LogP contribution in [0.15, 0.2) is 51.1 Å². The molecule has 2 heterocycles. The van der Waals surface area contributed by atoms with Gasteiger partial charge < -0.3 is 15.3 Å². The fourth-order valence-corrected chi connectivity index (χ4v) is 9.40. The molecule has 35 heavy (non-hydrogen) atoms. The molecule has 0 radical (unpaired) electrons. The van der Waals surface area contributed by atoms with Crippen molar-refractivity contribution < 1.29 is 27.5 Å². The second-order valence-corrected chi connectivity index (χ2v) is 12.8. The summed E-state index contributed by atoms with van der Waals surface area (Å²) >= 11 is 0. The van der Waals surface area contributed by atoms with Crippen LogP contribution >= 0.6 is 0 Å².